The van der Waals surface area contributed by atoms with Gasteiger partial charge in [0.15, 0.2) is 0 Å². The van der Waals surface area contributed by atoms with Crippen molar-refractivity contribution in [3.8, 4) is 0 Å². The third kappa shape index (κ3) is 3.44. The van der Waals surface area contributed by atoms with Gasteiger partial charge in [0.1, 0.15) is 0 Å². The van der Waals surface area contributed by atoms with Crippen LogP contribution in [0.4, 0.5) is 0 Å². The van der Waals surface area contributed by atoms with Crippen molar-refractivity contribution in [2.24, 2.45) is 11.8 Å². The molecule has 0 radical (unpaired) electrons. The third-order valence-electron chi connectivity index (χ3n) is 2.63. The van der Waals surface area contributed by atoms with Crippen molar-refractivity contribution in [2.75, 3.05) is 0 Å². The molecule has 1 rings (SSSR count). The van der Waals surface area contributed by atoms with Crippen LogP contribution in [0.25, 0.3) is 0 Å². The van der Waals surface area contributed by atoms with Crippen molar-refractivity contribution >= 4 is 37.9 Å². The molecule has 1 fully saturated rings. The number of allylic oxidation sites excluding steroid dienone is 3. The summed E-state index contributed by atoms with van der Waals surface area (Å²) < 4.78 is 0. The Labute approximate surface area is 103 Å². The molecule has 0 aromatic heterocycles. The molecule has 1 aliphatic rings. The Morgan fingerprint density at radius 3 is 2.36 bits per heavy atom. The van der Waals surface area contributed by atoms with Crippen LogP contribution in [0.5, 0.6) is 0 Å². The van der Waals surface area contributed by atoms with E-state index in [0.717, 1.165) is 15.7 Å². The molecular weight excluding hydrogens is 228 g/mol. The van der Waals surface area contributed by atoms with Crippen LogP contribution in [-0.2, 0) is 0 Å². The molecule has 0 bridgehead atoms. The molecule has 0 aromatic carbocycles. The minimum Gasteiger partial charge on any atom is -0.151 e. The second-order valence-electron chi connectivity index (χ2n) is 3.62. The van der Waals surface area contributed by atoms with Gasteiger partial charge < -0.3 is 0 Å². The van der Waals surface area contributed by atoms with E-state index in [1.54, 1.807) is 5.41 Å². The van der Waals surface area contributed by atoms with Gasteiger partial charge in [-0.3, -0.25) is 0 Å². The van der Waals surface area contributed by atoms with E-state index in [2.05, 4.69) is 50.5 Å². The molecule has 1 aliphatic carbocycles. The van der Waals surface area contributed by atoms with Crippen LogP contribution in [-0.4, -0.2) is 0 Å². The Hall–Kier alpha value is 0.270. The lowest BCUT2D eigenvalue weighted by Crippen LogP contribution is -2.20. The van der Waals surface area contributed by atoms with Gasteiger partial charge in [-0.2, -0.15) is 12.6 Å². The van der Waals surface area contributed by atoms with Crippen LogP contribution in [0, 0.1) is 11.8 Å². The SMILES string of the molecule is C=C(S)/C=C\C(/C(S)=C/S)C1CCC1. The van der Waals surface area contributed by atoms with Gasteiger partial charge in [0.25, 0.3) is 0 Å². The summed E-state index contributed by atoms with van der Waals surface area (Å²) in [6.07, 6.45) is 8.00. The van der Waals surface area contributed by atoms with E-state index in [4.69, 9.17) is 0 Å². The molecule has 3 heteroatoms. The highest BCUT2D eigenvalue weighted by Crippen LogP contribution is 2.39. The Bertz CT molecular complexity index is 262. The summed E-state index contributed by atoms with van der Waals surface area (Å²) in [7, 11) is 0. The molecule has 0 N–H and O–H groups in total. The van der Waals surface area contributed by atoms with Crippen LogP contribution in [0.3, 0.4) is 0 Å². The molecule has 0 heterocycles. The zero-order chi connectivity index (χ0) is 10.6. The molecule has 1 atom stereocenters. The fraction of sp³-hybridized carbons (Fsp3) is 0.455. The van der Waals surface area contributed by atoms with Gasteiger partial charge >= 0.3 is 0 Å². The molecule has 0 aliphatic heterocycles. The number of hydrogen-bond acceptors (Lipinski definition) is 3. The van der Waals surface area contributed by atoms with Crippen LogP contribution in [0.15, 0.2) is 33.9 Å². The average molecular weight is 244 g/mol. The van der Waals surface area contributed by atoms with E-state index in [1.165, 1.54) is 19.3 Å². The molecule has 78 valence electrons. The second kappa shape index (κ2) is 5.99. The second-order valence-corrected chi connectivity index (χ2v) is 4.97. The smallest absolute Gasteiger partial charge is 0.0112 e. The first-order valence-corrected chi connectivity index (χ1v) is 6.15. The highest BCUT2D eigenvalue weighted by Gasteiger charge is 2.26. The highest BCUT2D eigenvalue weighted by molar-refractivity contribution is 7.87. The first kappa shape index (κ1) is 12.3. The number of rotatable bonds is 4. The van der Waals surface area contributed by atoms with Crippen molar-refractivity contribution in [1.82, 2.24) is 0 Å². The van der Waals surface area contributed by atoms with Gasteiger partial charge in [0.05, 0.1) is 0 Å². The fourth-order valence-corrected chi connectivity index (χ4v) is 2.15. The minimum atomic E-state index is 0.397. The van der Waals surface area contributed by atoms with Crippen LogP contribution >= 0.6 is 37.9 Å². The summed E-state index contributed by atoms with van der Waals surface area (Å²) in [5, 5.41) is 1.78. The number of thiol groups is 3. The van der Waals surface area contributed by atoms with E-state index in [-0.39, 0.29) is 0 Å². The molecule has 0 aromatic rings. The normalized spacial score (nSPS) is 20.9. The molecular formula is C11H16S3. The van der Waals surface area contributed by atoms with Crippen molar-refractivity contribution < 1.29 is 0 Å². The van der Waals surface area contributed by atoms with Gasteiger partial charge in [0, 0.05) is 5.92 Å². The topological polar surface area (TPSA) is 0 Å². The van der Waals surface area contributed by atoms with Crippen molar-refractivity contribution in [3.05, 3.63) is 33.9 Å². The van der Waals surface area contributed by atoms with Crippen molar-refractivity contribution in [2.45, 2.75) is 19.3 Å². The fourth-order valence-electron chi connectivity index (χ4n) is 1.60. The largest absolute Gasteiger partial charge is 0.151 e. The number of hydrogen-bond donors (Lipinski definition) is 3. The summed E-state index contributed by atoms with van der Waals surface area (Å²) in [5.41, 5.74) is 0. The molecule has 0 spiro atoms. The minimum absolute atomic E-state index is 0.397. The lowest BCUT2D eigenvalue weighted by atomic mass is 9.75. The Morgan fingerprint density at radius 2 is 2.00 bits per heavy atom. The third-order valence-corrected chi connectivity index (χ3v) is 3.69. The summed E-state index contributed by atoms with van der Waals surface area (Å²) >= 11 is 12.7. The highest BCUT2D eigenvalue weighted by atomic mass is 32.1. The van der Waals surface area contributed by atoms with Gasteiger partial charge in [-0.25, -0.2) is 0 Å². The Morgan fingerprint density at radius 1 is 1.36 bits per heavy atom. The molecule has 1 unspecified atom stereocenters. The molecule has 14 heavy (non-hydrogen) atoms. The zero-order valence-electron chi connectivity index (χ0n) is 8.06. The zero-order valence-corrected chi connectivity index (χ0v) is 10.7. The van der Waals surface area contributed by atoms with E-state index in [0.29, 0.717) is 5.92 Å². The first-order valence-electron chi connectivity index (χ1n) is 4.74. The molecule has 0 amide bonds. The lowest BCUT2D eigenvalue weighted by Gasteiger charge is -2.32. The summed E-state index contributed by atoms with van der Waals surface area (Å²) in [5.74, 6) is 1.13. The van der Waals surface area contributed by atoms with Crippen LogP contribution in [0.1, 0.15) is 19.3 Å². The summed E-state index contributed by atoms with van der Waals surface area (Å²) in [4.78, 5) is 1.82. The maximum absolute atomic E-state index is 4.43. The standard InChI is InChI=1S/C11H16S3/c1-8(13)5-6-10(11(14)7-12)9-3-2-4-9/h5-7,9-10,12-14H,1-4H2/b6-5-,11-7-. The van der Waals surface area contributed by atoms with Crippen LogP contribution < -0.4 is 0 Å². The first-order chi connectivity index (χ1) is 6.65. The molecule has 1 saturated carbocycles. The monoisotopic (exact) mass is 244 g/mol. The van der Waals surface area contributed by atoms with Crippen molar-refractivity contribution in [1.29, 1.82) is 0 Å². The van der Waals surface area contributed by atoms with E-state index in [9.17, 15) is 0 Å². The van der Waals surface area contributed by atoms with Crippen molar-refractivity contribution in [3.63, 3.8) is 0 Å². The van der Waals surface area contributed by atoms with Crippen LogP contribution in [0.2, 0.25) is 0 Å². The Balaban J connectivity index is 2.66. The summed E-state index contributed by atoms with van der Waals surface area (Å²) in [6.45, 7) is 3.73. The van der Waals surface area contributed by atoms with E-state index in [1.807, 2.05) is 6.08 Å². The van der Waals surface area contributed by atoms with E-state index < -0.39 is 0 Å². The lowest BCUT2D eigenvalue weighted by molar-refractivity contribution is 0.271. The summed E-state index contributed by atoms with van der Waals surface area (Å²) in [6, 6.07) is 0. The maximum atomic E-state index is 4.43. The average Bonchev–Trinajstić information content (AvgIpc) is 2.07. The molecule has 0 saturated heterocycles. The Kier molecular flexibility index (Phi) is 5.28. The van der Waals surface area contributed by atoms with E-state index >= 15 is 0 Å². The van der Waals surface area contributed by atoms with Gasteiger partial charge in [-0.15, -0.1) is 25.3 Å². The van der Waals surface area contributed by atoms with Gasteiger partial charge in [-0.05, 0) is 34.0 Å². The predicted molar refractivity (Wildman–Crippen MR) is 74.2 cm³/mol. The molecule has 0 nitrogen and oxygen atoms in total. The predicted octanol–water partition coefficient (Wildman–Crippen LogP) is 4.10. The van der Waals surface area contributed by atoms with Gasteiger partial charge in [0.2, 0.25) is 0 Å². The van der Waals surface area contributed by atoms with Gasteiger partial charge in [-0.1, -0.05) is 25.2 Å². The maximum Gasteiger partial charge on any atom is 0.0112 e. The quantitative estimate of drug-likeness (QED) is 0.481.